The minimum atomic E-state index is -0.928. The van der Waals surface area contributed by atoms with Gasteiger partial charge in [0.25, 0.3) is 0 Å². The molecule has 7 heteroatoms. The first-order valence-electron chi connectivity index (χ1n) is 10.6. The zero-order chi connectivity index (χ0) is 22.5. The summed E-state index contributed by atoms with van der Waals surface area (Å²) in [6.07, 6.45) is 0.845. The number of carbonyl (C=O) groups excluding carboxylic acids is 1. The summed E-state index contributed by atoms with van der Waals surface area (Å²) < 4.78 is 33.2. The van der Waals surface area contributed by atoms with Gasteiger partial charge < -0.3 is 19.9 Å². The first-order chi connectivity index (χ1) is 14.8. The summed E-state index contributed by atoms with van der Waals surface area (Å²) in [4.78, 5) is 17.4. The number of rotatable bonds is 6. The highest BCUT2D eigenvalue weighted by Gasteiger charge is 2.33. The van der Waals surface area contributed by atoms with Crippen LogP contribution in [0.5, 0.6) is 5.75 Å². The zero-order valence-corrected chi connectivity index (χ0v) is 18.6. The number of piperidine rings is 1. The lowest BCUT2D eigenvalue weighted by atomic mass is 9.92. The SMILES string of the molecule is COc1cccc(CN(C(=O)NC(C)c2cccc(F)c2F)C2CCN(C)CC2C)c1. The number of urea groups is 1. The quantitative estimate of drug-likeness (QED) is 0.728. The number of methoxy groups -OCH3 is 1. The molecule has 3 atom stereocenters. The molecule has 2 amide bonds. The predicted octanol–water partition coefficient (Wildman–Crippen LogP) is 4.59. The molecule has 2 aromatic carbocycles. The van der Waals surface area contributed by atoms with Crippen molar-refractivity contribution in [2.75, 3.05) is 27.2 Å². The number of nitrogens with zero attached hydrogens (tertiary/aromatic N) is 2. The monoisotopic (exact) mass is 431 g/mol. The van der Waals surface area contributed by atoms with Gasteiger partial charge in [0.05, 0.1) is 13.2 Å². The van der Waals surface area contributed by atoms with Crippen molar-refractivity contribution < 1.29 is 18.3 Å². The molecule has 0 aliphatic carbocycles. The van der Waals surface area contributed by atoms with Gasteiger partial charge in [-0.3, -0.25) is 0 Å². The Morgan fingerprint density at radius 2 is 2.03 bits per heavy atom. The molecule has 0 bridgehead atoms. The van der Waals surface area contributed by atoms with E-state index in [9.17, 15) is 13.6 Å². The molecule has 3 rings (SSSR count). The summed E-state index contributed by atoms with van der Waals surface area (Å²) in [5.74, 6) is -0.848. The van der Waals surface area contributed by atoms with E-state index >= 15 is 0 Å². The van der Waals surface area contributed by atoms with Crippen LogP contribution in [0.4, 0.5) is 13.6 Å². The second kappa shape index (κ2) is 10.1. The van der Waals surface area contributed by atoms with Crippen LogP contribution in [-0.2, 0) is 6.54 Å². The molecule has 5 nitrogen and oxygen atoms in total. The maximum Gasteiger partial charge on any atom is 0.318 e. The van der Waals surface area contributed by atoms with E-state index in [1.807, 2.05) is 29.2 Å². The van der Waals surface area contributed by atoms with Crippen LogP contribution in [0, 0.1) is 17.6 Å². The first kappa shape index (κ1) is 23.0. The van der Waals surface area contributed by atoms with Gasteiger partial charge in [-0.05, 0) is 56.6 Å². The van der Waals surface area contributed by atoms with E-state index in [1.54, 1.807) is 14.0 Å². The van der Waals surface area contributed by atoms with Gasteiger partial charge in [0.2, 0.25) is 0 Å². The summed E-state index contributed by atoms with van der Waals surface area (Å²) in [5, 5.41) is 2.88. The van der Waals surface area contributed by atoms with Gasteiger partial charge in [-0.15, -0.1) is 0 Å². The van der Waals surface area contributed by atoms with Crippen molar-refractivity contribution in [2.24, 2.45) is 5.92 Å². The van der Waals surface area contributed by atoms with Crippen molar-refractivity contribution in [2.45, 2.75) is 38.9 Å². The van der Waals surface area contributed by atoms with E-state index in [0.717, 1.165) is 36.9 Å². The third-order valence-corrected chi connectivity index (χ3v) is 6.00. The lowest BCUT2D eigenvalue weighted by molar-refractivity contribution is 0.0873. The Bertz CT molecular complexity index is 908. The molecule has 1 N–H and O–H groups in total. The largest absolute Gasteiger partial charge is 0.497 e. The fourth-order valence-corrected chi connectivity index (χ4v) is 4.31. The number of hydrogen-bond donors (Lipinski definition) is 1. The van der Waals surface area contributed by atoms with Crippen molar-refractivity contribution in [3.63, 3.8) is 0 Å². The maximum atomic E-state index is 14.2. The number of benzene rings is 2. The Balaban J connectivity index is 1.83. The van der Waals surface area contributed by atoms with Crippen molar-refractivity contribution in [3.05, 3.63) is 65.2 Å². The second-order valence-electron chi connectivity index (χ2n) is 8.39. The second-order valence-corrected chi connectivity index (χ2v) is 8.39. The van der Waals surface area contributed by atoms with Crippen molar-refractivity contribution in [1.29, 1.82) is 0 Å². The van der Waals surface area contributed by atoms with Gasteiger partial charge in [-0.1, -0.05) is 31.2 Å². The molecular formula is C24H31F2N3O2. The lowest BCUT2D eigenvalue weighted by Gasteiger charge is -2.42. The Labute approximate surface area is 183 Å². The van der Waals surface area contributed by atoms with E-state index in [4.69, 9.17) is 4.74 Å². The lowest BCUT2D eigenvalue weighted by Crippen LogP contribution is -2.53. The van der Waals surface area contributed by atoms with Gasteiger partial charge in [-0.2, -0.15) is 0 Å². The van der Waals surface area contributed by atoms with Crippen LogP contribution >= 0.6 is 0 Å². The average Bonchev–Trinajstić information content (AvgIpc) is 2.74. The van der Waals surface area contributed by atoms with Crippen LogP contribution in [-0.4, -0.2) is 49.1 Å². The van der Waals surface area contributed by atoms with Crippen LogP contribution in [0.15, 0.2) is 42.5 Å². The van der Waals surface area contributed by atoms with Gasteiger partial charge >= 0.3 is 6.03 Å². The summed E-state index contributed by atoms with van der Waals surface area (Å²) in [7, 11) is 3.69. The molecule has 31 heavy (non-hydrogen) atoms. The summed E-state index contributed by atoms with van der Waals surface area (Å²) in [6.45, 7) is 5.99. The minimum absolute atomic E-state index is 0.0342. The fraction of sp³-hybridized carbons (Fsp3) is 0.458. The predicted molar refractivity (Wildman–Crippen MR) is 117 cm³/mol. The molecule has 1 aliphatic heterocycles. The zero-order valence-electron chi connectivity index (χ0n) is 18.6. The van der Waals surface area contributed by atoms with Gasteiger partial charge in [0.15, 0.2) is 11.6 Å². The smallest absolute Gasteiger partial charge is 0.318 e. The van der Waals surface area contributed by atoms with Crippen LogP contribution in [0.2, 0.25) is 0 Å². The summed E-state index contributed by atoms with van der Waals surface area (Å²) in [6, 6.07) is 10.7. The third kappa shape index (κ3) is 5.53. The molecule has 2 aromatic rings. The molecule has 1 heterocycles. The topological polar surface area (TPSA) is 44.8 Å². The number of ether oxygens (including phenoxy) is 1. The Hall–Kier alpha value is -2.67. The number of amides is 2. The van der Waals surface area contributed by atoms with Gasteiger partial charge in [0, 0.05) is 24.7 Å². The molecule has 0 radical (unpaired) electrons. The maximum absolute atomic E-state index is 14.2. The number of nitrogens with one attached hydrogen (secondary N) is 1. The molecule has 0 aromatic heterocycles. The molecular weight excluding hydrogens is 400 g/mol. The molecule has 0 spiro atoms. The fourth-order valence-electron chi connectivity index (χ4n) is 4.31. The highest BCUT2D eigenvalue weighted by atomic mass is 19.2. The minimum Gasteiger partial charge on any atom is -0.497 e. The Kier molecular flexibility index (Phi) is 7.49. The van der Waals surface area contributed by atoms with E-state index in [-0.39, 0.29) is 23.6 Å². The van der Waals surface area contributed by atoms with Gasteiger partial charge in [0.1, 0.15) is 5.75 Å². The summed E-state index contributed by atoms with van der Waals surface area (Å²) >= 11 is 0. The van der Waals surface area contributed by atoms with Crippen molar-refractivity contribution in [3.8, 4) is 5.75 Å². The number of halogens is 2. The first-order valence-corrected chi connectivity index (χ1v) is 10.6. The number of hydrogen-bond acceptors (Lipinski definition) is 3. The number of carbonyl (C=O) groups is 1. The van der Waals surface area contributed by atoms with E-state index < -0.39 is 17.7 Å². The molecule has 1 aliphatic rings. The van der Waals surface area contributed by atoms with E-state index in [2.05, 4.69) is 24.2 Å². The standard InChI is InChI=1S/C24H31F2N3O2/c1-16-14-28(3)12-11-22(16)29(15-18-7-5-8-19(13-18)31-4)24(30)27-17(2)20-9-6-10-21(25)23(20)26/h5-10,13,16-17,22H,11-12,14-15H2,1-4H3,(H,27,30). The Morgan fingerprint density at radius 1 is 1.29 bits per heavy atom. The molecule has 1 saturated heterocycles. The van der Waals surface area contributed by atoms with Crippen LogP contribution in [0.3, 0.4) is 0 Å². The van der Waals surface area contributed by atoms with Crippen LogP contribution < -0.4 is 10.1 Å². The molecule has 0 saturated carbocycles. The number of likely N-dealkylation sites (tertiary alicyclic amines) is 1. The van der Waals surface area contributed by atoms with Crippen LogP contribution in [0.25, 0.3) is 0 Å². The molecule has 3 unspecified atom stereocenters. The highest BCUT2D eigenvalue weighted by molar-refractivity contribution is 5.75. The molecule has 1 fully saturated rings. The highest BCUT2D eigenvalue weighted by Crippen LogP contribution is 2.26. The average molecular weight is 432 g/mol. The van der Waals surface area contributed by atoms with Crippen LogP contribution in [0.1, 0.15) is 37.4 Å². The van der Waals surface area contributed by atoms with Gasteiger partial charge in [-0.25, -0.2) is 13.6 Å². The van der Waals surface area contributed by atoms with E-state index in [0.29, 0.717) is 6.54 Å². The normalized spacial score (nSPS) is 20.2. The summed E-state index contributed by atoms with van der Waals surface area (Å²) in [5.41, 5.74) is 1.08. The Morgan fingerprint density at radius 3 is 2.74 bits per heavy atom. The van der Waals surface area contributed by atoms with Crippen molar-refractivity contribution in [1.82, 2.24) is 15.1 Å². The van der Waals surface area contributed by atoms with E-state index in [1.165, 1.54) is 12.1 Å². The third-order valence-electron chi connectivity index (χ3n) is 6.00. The van der Waals surface area contributed by atoms with Crippen molar-refractivity contribution >= 4 is 6.03 Å². The molecule has 168 valence electrons.